The molecule has 3 rings (SSSR count). The maximum absolute atomic E-state index is 12.2. The van der Waals surface area contributed by atoms with E-state index in [4.69, 9.17) is 4.74 Å². The smallest absolute Gasteiger partial charge is 0.337 e. The van der Waals surface area contributed by atoms with Gasteiger partial charge in [0.25, 0.3) is 5.56 Å². The molecule has 3 aromatic rings. The van der Waals surface area contributed by atoms with Gasteiger partial charge in [-0.1, -0.05) is 12.1 Å². The molecular formula is C20H20N4O3. The van der Waals surface area contributed by atoms with Crippen LogP contribution in [0, 0.1) is 0 Å². The number of benzene rings is 1. The van der Waals surface area contributed by atoms with Gasteiger partial charge in [0.2, 0.25) is 0 Å². The van der Waals surface area contributed by atoms with Crippen molar-refractivity contribution in [1.29, 1.82) is 0 Å². The monoisotopic (exact) mass is 364 g/mol. The summed E-state index contributed by atoms with van der Waals surface area (Å²) in [5, 5.41) is 7.54. The zero-order valence-electron chi connectivity index (χ0n) is 15.2. The van der Waals surface area contributed by atoms with Gasteiger partial charge in [-0.15, -0.1) is 0 Å². The van der Waals surface area contributed by atoms with E-state index in [9.17, 15) is 9.59 Å². The van der Waals surface area contributed by atoms with Gasteiger partial charge >= 0.3 is 5.97 Å². The predicted octanol–water partition coefficient (Wildman–Crippen LogP) is 1.86. The summed E-state index contributed by atoms with van der Waals surface area (Å²) in [7, 11) is 3.20. The molecule has 2 heterocycles. The number of aromatic nitrogens is 3. The molecule has 1 aromatic carbocycles. The molecule has 0 amide bonds. The number of esters is 1. The maximum atomic E-state index is 12.2. The number of nitrogens with zero attached hydrogens (tertiary/aromatic N) is 3. The second kappa shape index (κ2) is 8.37. The number of carbonyl (C=O) groups is 1. The highest BCUT2D eigenvalue weighted by Crippen LogP contribution is 2.16. The van der Waals surface area contributed by atoms with Crippen molar-refractivity contribution in [1.82, 2.24) is 20.1 Å². The topological polar surface area (TPSA) is 86.1 Å². The van der Waals surface area contributed by atoms with Crippen LogP contribution in [0.2, 0.25) is 0 Å². The molecule has 27 heavy (non-hydrogen) atoms. The minimum absolute atomic E-state index is 0.221. The summed E-state index contributed by atoms with van der Waals surface area (Å²) in [5.74, 6) is -0.418. The third-order valence-electron chi connectivity index (χ3n) is 4.02. The Morgan fingerprint density at radius 1 is 1.15 bits per heavy atom. The van der Waals surface area contributed by atoms with Crippen molar-refractivity contribution in [2.75, 3.05) is 14.2 Å². The lowest BCUT2D eigenvalue weighted by molar-refractivity contribution is 0.0600. The van der Waals surface area contributed by atoms with Crippen LogP contribution < -0.4 is 10.9 Å². The number of ether oxygens (including phenoxy) is 1. The second-order valence-electron chi connectivity index (χ2n) is 6.02. The highest BCUT2D eigenvalue weighted by molar-refractivity contribution is 5.89. The van der Waals surface area contributed by atoms with Gasteiger partial charge in [-0.2, -0.15) is 5.10 Å². The van der Waals surface area contributed by atoms with Crippen LogP contribution >= 0.6 is 0 Å². The number of nitrogens with one attached hydrogen (secondary N) is 1. The lowest BCUT2D eigenvalue weighted by atomic mass is 10.1. The highest BCUT2D eigenvalue weighted by Gasteiger charge is 2.09. The minimum Gasteiger partial charge on any atom is -0.465 e. The van der Waals surface area contributed by atoms with Gasteiger partial charge in [0.1, 0.15) is 0 Å². The quantitative estimate of drug-likeness (QED) is 0.672. The van der Waals surface area contributed by atoms with Crippen LogP contribution in [0.15, 0.2) is 59.7 Å². The van der Waals surface area contributed by atoms with Crippen LogP contribution in [-0.4, -0.2) is 34.9 Å². The fraction of sp³-hybridized carbons (Fsp3) is 0.200. The third kappa shape index (κ3) is 4.45. The van der Waals surface area contributed by atoms with E-state index in [1.165, 1.54) is 17.9 Å². The van der Waals surface area contributed by atoms with Crippen molar-refractivity contribution in [3.63, 3.8) is 0 Å². The first kappa shape index (κ1) is 18.5. The standard InChI is InChI=1S/C20H20N4O3/c1-21-10-15-9-17(12-22-11-15)18-6-7-19(25)24(23-18)13-14-4-3-5-16(8-14)20(26)27-2/h3-9,11-12,21H,10,13H2,1-2H3. The fourth-order valence-corrected chi connectivity index (χ4v) is 2.73. The third-order valence-corrected chi connectivity index (χ3v) is 4.02. The Labute approximate surface area is 156 Å². The average Bonchev–Trinajstić information content (AvgIpc) is 2.70. The van der Waals surface area contributed by atoms with Gasteiger partial charge in [0.05, 0.1) is 24.9 Å². The zero-order valence-corrected chi connectivity index (χ0v) is 15.2. The Bertz CT molecular complexity index is 1010. The molecule has 0 unspecified atom stereocenters. The number of pyridine rings is 1. The Morgan fingerprint density at radius 2 is 2.00 bits per heavy atom. The number of hydrogen-bond donors (Lipinski definition) is 1. The average molecular weight is 364 g/mol. The summed E-state index contributed by atoms with van der Waals surface area (Å²) in [5.41, 5.74) is 3.51. The van der Waals surface area contributed by atoms with Crippen LogP contribution in [0.4, 0.5) is 0 Å². The predicted molar refractivity (Wildman–Crippen MR) is 101 cm³/mol. The Balaban J connectivity index is 1.91. The van der Waals surface area contributed by atoms with Gasteiger partial charge in [0, 0.05) is 30.6 Å². The van der Waals surface area contributed by atoms with Crippen molar-refractivity contribution >= 4 is 5.97 Å². The minimum atomic E-state index is -0.418. The molecule has 1 N–H and O–H groups in total. The van der Waals surface area contributed by atoms with E-state index in [2.05, 4.69) is 15.4 Å². The molecule has 138 valence electrons. The van der Waals surface area contributed by atoms with Gasteiger partial charge in [0.15, 0.2) is 0 Å². The zero-order chi connectivity index (χ0) is 19.2. The molecule has 0 saturated heterocycles. The molecule has 0 radical (unpaired) electrons. The maximum Gasteiger partial charge on any atom is 0.337 e. The normalized spacial score (nSPS) is 10.6. The second-order valence-corrected chi connectivity index (χ2v) is 6.02. The molecule has 0 aliphatic carbocycles. The van der Waals surface area contributed by atoms with Crippen molar-refractivity contribution in [2.45, 2.75) is 13.1 Å². The van der Waals surface area contributed by atoms with Gasteiger partial charge in [-0.25, -0.2) is 9.48 Å². The van der Waals surface area contributed by atoms with E-state index >= 15 is 0 Å². The van der Waals surface area contributed by atoms with E-state index in [-0.39, 0.29) is 12.1 Å². The molecule has 0 bridgehead atoms. The van der Waals surface area contributed by atoms with E-state index in [0.29, 0.717) is 17.8 Å². The number of hydrogen-bond acceptors (Lipinski definition) is 6. The molecule has 0 spiro atoms. The van der Waals surface area contributed by atoms with Gasteiger partial charge < -0.3 is 10.1 Å². The Hall–Kier alpha value is -3.32. The summed E-state index contributed by atoms with van der Waals surface area (Å²) in [6, 6.07) is 12.1. The SMILES string of the molecule is CNCc1cncc(-c2ccc(=O)n(Cc3cccc(C(=O)OC)c3)n2)c1. The first-order valence-electron chi connectivity index (χ1n) is 8.45. The van der Waals surface area contributed by atoms with Crippen molar-refractivity contribution in [3.05, 3.63) is 81.9 Å². The molecule has 7 heteroatoms. The van der Waals surface area contributed by atoms with Crippen molar-refractivity contribution in [2.24, 2.45) is 0 Å². The molecule has 0 aliphatic heterocycles. The van der Waals surface area contributed by atoms with Crippen LogP contribution in [-0.2, 0) is 17.8 Å². The molecule has 2 aromatic heterocycles. The summed E-state index contributed by atoms with van der Waals surface area (Å²) in [4.78, 5) is 28.2. The number of rotatable bonds is 6. The van der Waals surface area contributed by atoms with Crippen molar-refractivity contribution in [3.8, 4) is 11.3 Å². The van der Waals surface area contributed by atoms with Crippen LogP contribution in [0.3, 0.4) is 0 Å². The molecule has 0 aliphatic rings. The summed E-state index contributed by atoms with van der Waals surface area (Å²) >= 11 is 0. The van der Waals surface area contributed by atoms with E-state index in [0.717, 1.165) is 16.7 Å². The lowest BCUT2D eigenvalue weighted by Crippen LogP contribution is -2.23. The summed E-state index contributed by atoms with van der Waals surface area (Å²) < 4.78 is 6.11. The van der Waals surface area contributed by atoms with Crippen LogP contribution in [0.25, 0.3) is 11.3 Å². The molecule has 0 saturated carbocycles. The summed E-state index contributed by atoms with van der Waals surface area (Å²) in [6.07, 6.45) is 3.50. The van der Waals surface area contributed by atoms with E-state index in [1.54, 1.807) is 36.7 Å². The largest absolute Gasteiger partial charge is 0.465 e. The van der Waals surface area contributed by atoms with Gasteiger partial charge in [-0.3, -0.25) is 9.78 Å². The molecule has 0 fully saturated rings. The van der Waals surface area contributed by atoms with Crippen LogP contribution in [0.1, 0.15) is 21.5 Å². The fourth-order valence-electron chi connectivity index (χ4n) is 2.73. The Morgan fingerprint density at radius 3 is 2.78 bits per heavy atom. The molecule has 7 nitrogen and oxygen atoms in total. The Kier molecular flexibility index (Phi) is 5.73. The molecular weight excluding hydrogens is 344 g/mol. The van der Waals surface area contributed by atoms with E-state index in [1.807, 2.05) is 19.2 Å². The summed E-state index contributed by atoms with van der Waals surface area (Å²) in [6.45, 7) is 0.946. The van der Waals surface area contributed by atoms with Crippen LogP contribution in [0.5, 0.6) is 0 Å². The van der Waals surface area contributed by atoms with Gasteiger partial charge in [-0.05, 0) is 42.4 Å². The number of methoxy groups -OCH3 is 1. The lowest BCUT2D eigenvalue weighted by Gasteiger charge is -2.09. The number of carbonyl (C=O) groups excluding carboxylic acids is 1. The molecule has 0 atom stereocenters. The highest BCUT2D eigenvalue weighted by atomic mass is 16.5. The van der Waals surface area contributed by atoms with Crippen molar-refractivity contribution < 1.29 is 9.53 Å². The first-order valence-corrected chi connectivity index (χ1v) is 8.45. The first-order chi connectivity index (χ1) is 13.1. The van der Waals surface area contributed by atoms with E-state index < -0.39 is 5.97 Å².